The highest BCUT2D eigenvalue weighted by Crippen LogP contribution is 2.37. The Kier molecular flexibility index (Phi) is 4.99. The largest absolute Gasteiger partial charge is 0.347 e. The van der Waals surface area contributed by atoms with Gasteiger partial charge in [0.2, 0.25) is 11.7 Å². The second kappa shape index (κ2) is 6.99. The second-order valence-electron chi connectivity index (χ2n) is 7.20. The highest BCUT2D eigenvalue weighted by Gasteiger charge is 2.43. The average Bonchev–Trinajstić information content (AvgIpc) is 3.06. The zero-order valence-electron chi connectivity index (χ0n) is 13.8. The highest BCUT2D eigenvalue weighted by atomic mass is 16.2. The maximum Gasteiger partial charge on any atom is 0.289 e. The first-order valence-electron chi connectivity index (χ1n) is 8.98. The minimum Gasteiger partial charge on any atom is -0.347 e. The predicted molar refractivity (Wildman–Crippen MR) is 85.6 cm³/mol. The first-order chi connectivity index (χ1) is 11.1. The molecule has 2 aliphatic carbocycles. The highest BCUT2D eigenvalue weighted by molar-refractivity contribution is 6.38. The van der Waals surface area contributed by atoms with Crippen LogP contribution in [0.5, 0.6) is 0 Å². The maximum atomic E-state index is 12.6. The molecule has 1 aliphatic heterocycles. The number of hydrogen-bond donors (Lipinski definition) is 3. The molecule has 4 atom stereocenters. The van der Waals surface area contributed by atoms with Gasteiger partial charge in [-0.1, -0.05) is 19.8 Å². The quantitative estimate of drug-likeness (QED) is 0.596. The molecule has 3 N–H and O–H groups in total. The molecular weight excluding hydrogens is 294 g/mol. The van der Waals surface area contributed by atoms with Crippen LogP contribution in [0.15, 0.2) is 0 Å². The molecule has 0 bridgehead atoms. The smallest absolute Gasteiger partial charge is 0.289 e. The molecule has 128 valence electrons. The van der Waals surface area contributed by atoms with Crippen molar-refractivity contribution in [2.24, 2.45) is 11.8 Å². The number of fused-ring (bicyclic) bond motifs is 1. The van der Waals surface area contributed by atoms with Crippen LogP contribution in [0.3, 0.4) is 0 Å². The van der Waals surface area contributed by atoms with Gasteiger partial charge in [-0.15, -0.1) is 0 Å². The maximum absolute atomic E-state index is 12.6. The van der Waals surface area contributed by atoms with Gasteiger partial charge >= 0.3 is 0 Å². The number of Topliss-reactive ketones (excluding diaryl/α,β-unsaturated/α-hetero) is 1. The minimum atomic E-state index is -0.700. The standard InChI is InChI=1S/C17H27N3O3/c1-2-4-13(15(21)17(23)19-11-7-8-11)20-16(22)14-12-6-3-5-10(12)9-18-14/h10-14,18H,2-9H2,1H3,(H,19,23)(H,20,22)/t10-,12-,13-,14-/m0/s1. The fraction of sp³-hybridized carbons (Fsp3) is 0.824. The Labute approximate surface area is 137 Å². The number of rotatable bonds is 7. The molecule has 0 aromatic carbocycles. The van der Waals surface area contributed by atoms with E-state index in [0.717, 1.165) is 32.2 Å². The van der Waals surface area contributed by atoms with Crippen molar-refractivity contribution in [1.82, 2.24) is 16.0 Å². The Bertz CT molecular complexity index is 489. The van der Waals surface area contributed by atoms with E-state index in [0.29, 0.717) is 18.3 Å². The predicted octanol–water partition coefficient (Wildman–Crippen LogP) is 0.507. The van der Waals surface area contributed by atoms with Crippen molar-refractivity contribution in [2.75, 3.05) is 6.54 Å². The molecule has 0 aromatic heterocycles. The summed E-state index contributed by atoms with van der Waals surface area (Å²) in [6.07, 6.45) is 6.58. The van der Waals surface area contributed by atoms with Gasteiger partial charge in [0.15, 0.2) is 0 Å². The Balaban J connectivity index is 1.58. The van der Waals surface area contributed by atoms with E-state index in [1.165, 1.54) is 12.8 Å². The van der Waals surface area contributed by atoms with Crippen LogP contribution < -0.4 is 16.0 Å². The Hall–Kier alpha value is -1.43. The minimum absolute atomic E-state index is 0.120. The van der Waals surface area contributed by atoms with Crippen LogP contribution >= 0.6 is 0 Å². The van der Waals surface area contributed by atoms with E-state index in [1.54, 1.807) is 0 Å². The van der Waals surface area contributed by atoms with E-state index in [-0.39, 0.29) is 18.0 Å². The van der Waals surface area contributed by atoms with Gasteiger partial charge in [-0.3, -0.25) is 14.4 Å². The molecule has 0 unspecified atom stereocenters. The van der Waals surface area contributed by atoms with Gasteiger partial charge in [0.05, 0.1) is 12.1 Å². The van der Waals surface area contributed by atoms with Crippen molar-refractivity contribution in [1.29, 1.82) is 0 Å². The van der Waals surface area contributed by atoms with E-state index in [4.69, 9.17) is 0 Å². The van der Waals surface area contributed by atoms with Crippen LogP contribution in [0.1, 0.15) is 51.9 Å². The molecule has 0 radical (unpaired) electrons. The number of ketones is 1. The molecular formula is C17H27N3O3. The Morgan fingerprint density at radius 2 is 1.96 bits per heavy atom. The van der Waals surface area contributed by atoms with E-state index in [1.807, 2.05) is 6.92 Å². The summed E-state index contributed by atoms with van der Waals surface area (Å²) in [7, 11) is 0. The number of nitrogens with one attached hydrogen (secondary N) is 3. The molecule has 6 heteroatoms. The number of hydrogen-bond acceptors (Lipinski definition) is 4. The van der Waals surface area contributed by atoms with Crippen molar-refractivity contribution < 1.29 is 14.4 Å². The van der Waals surface area contributed by atoms with Crippen molar-refractivity contribution in [3.05, 3.63) is 0 Å². The van der Waals surface area contributed by atoms with E-state index < -0.39 is 17.7 Å². The molecule has 3 fully saturated rings. The second-order valence-corrected chi connectivity index (χ2v) is 7.20. The van der Waals surface area contributed by atoms with Crippen LogP contribution in [0, 0.1) is 11.8 Å². The summed E-state index contributed by atoms with van der Waals surface area (Å²) in [6.45, 7) is 2.84. The summed E-state index contributed by atoms with van der Waals surface area (Å²) < 4.78 is 0. The summed E-state index contributed by atoms with van der Waals surface area (Å²) >= 11 is 0. The Morgan fingerprint density at radius 1 is 1.17 bits per heavy atom. The van der Waals surface area contributed by atoms with Crippen molar-refractivity contribution in [3.8, 4) is 0 Å². The van der Waals surface area contributed by atoms with Crippen molar-refractivity contribution in [2.45, 2.75) is 70.0 Å². The molecule has 3 aliphatic rings. The molecule has 3 rings (SSSR count). The number of amides is 2. The third kappa shape index (κ3) is 3.74. The van der Waals surface area contributed by atoms with Crippen molar-refractivity contribution in [3.63, 3.8) is 0 Å². The van der Waals surface area contributed by atoms with Gasteiger partial charge in [0.25, 0.3) is 5.91 Å². The molecule has 0 aromatic rings. The van der Waals surface area contributed by atoms with Crippen LogP contribution in [0.4, 0.5) is 0 Å². The molecule has 1 heterocycles. The van der Waals surface area contributed by atoms with Crippen LogP contribution in [-0.4, -0.2) is 42.3 Å². The summed E-state index contributed by atoms with van der Waals surface area (Å²) in [6, 6.07) is -0.755. The summed E-state index contributed by atoms with van der Waals surface area (Å²) in [5, 5.41) is 8.84. The molecule has 23 heavy (non-hydrogen) atoms. The summed E-state index contributed by atoms with van der Waals surface area (Å²) in [5.41, 5.74) is 0. The van der Waals surface area contributed by atoms with Gasteiger partial charge in [0, 0.05) is 6.04 Å². The normalized spacial score (nSPS) is 30.6. The topological polar surface area (TPSA) is 87.3 Å². The van der Waals surface area contributed by atoms with Crippen LogP contribution in [-0.2, 0) is 14.4 Å². The van der Waals surface area contributed by atoms with Gasteiger partial charge in [0.1, 0.15) is 0 Å². The summed E-state index contributed by atoms with van der Waals surface area (Å²) in [5.74, 6) is -0.209. The van der Waals surface area contributed by atoms with Gasteiger partial charge in [-0.05, 0) is 50.5 Å². The van der Waals surface area contributed by atoms with Crippen molar-refractivity contribution >= 4 is 17.6 Å². The van der Waals surface area contributed by atoms with E-state index in [2.05, 4.69) is 16.0 Å². The lowest BCUT2D eigenvalue weighted by Crippen LogP contribution is -2.53. The zero-order chi connectivity index (χ0) is 16.4. The zero-order valence-corrected chi connectivity index (χ0v) is 13.8. The lowest BCUT2D eigenvalue weighted by molar-refractivity contribution is -0.140. The molecule has 2 saturated carbocycles. The summed E-state index contributed by atoms with van der Waals surface area (Å²) in [4.78, 5) is 36.9. The molecule has 0 spiro atoms. The third-order valence-corrected chi connectivity index (χ3v) is 5.38. The first-order valence-corrected chi connectivity index (χ1v) is 8.98. The van der Waals surface area contributed by atoms with E-state index in [9.17, 15) is 14.4 Å². The number of carbonyl (C=O) groups is 3. The third-order valence-electron chi connectivity index (χ3n) is 5.38. The van der Waals surface area contributed by atoms with Crippen LogP contribution in [0.25, 0.3) is 0 Å². The lowest BCUT2D eigenvalue weighted by atomic mass is 9.93. The average molecular weight is 321 g/mol. The van der Waals surface area contributed by atoms with Gasteiger partial charge < -0.3 is 16.0 Å². The lowest BCUT2D eigenvalue weighted by Gasteiger charge is -2.22. The number of carbonyl (C=O) groups excluding carboxylic acids is 3. The fourth-order valence-corrected chi connectivity index (χ4v) is 3.94. The van der Waals surface area contributed by atoms with Gasteiger partial charge in [-0.25, -0.2) is 0 Å². The first kappa shape index (κ1) is 16.4. The monoisotopic (exact) mass is 321 g/mol. The van der Waals surface area contributed by atoms with Crippen LogP contribution in [0.2, 0.25) is 0 Å². The molecule has 1 saturated heterocycles. The fourth-order valence-electron chi connectivity index (χ4n) is 3.94. The van der Waals surface area contributed by atoms with E-state index >= 15 is 0 Å². The SMILES string of the molecule is CCC[C@H](NC(=O)[C@H]1NC[C@@H]2CCC[C@@H]21)C(=O)C(=O)NC1CC1. The molecule has 6 nitrogen and oxygen atoms in total. The Morgan fingerprint density at radius 3 is 2.65 bits per heavy atom. The van der Waals surface area contributed by atoms with Gasteiger partial charge in [-0.2, -0.15) is 0 Å². The molecule has 2 amide bonds.